The molecular formula is C14H20N2O3. The van der Waals surface area contributed by atoms with E-state index in [0.29, 0.717) is 0 Å². The van der Waals surface area contributed by atoms with E-state index in [2.05, 4.69) is 10.4 Å². The minimum absolute atomic E-state index is 0.229. The highest BCUT2D eigenvalue weighted by atomic mass is 16.6. The zero-order chi connectivity index (χ0) is 13.7. The van der Waals surface area contributed by atoms with Crippen molar-refractivity contribution in [3.05, 3.63) is 29.8 Å². The summed E-state index contributed by atoms with van der Waals surface area (Å²) in [6.07, 6.45) is 2.24. The fourth-order valence-electron chi connectivity index (χ4n) is 2.52. The van der Waals surface area contributed by atoms with Gasteiger partial charge in [-0.3, -0.25) is 15.2 Å². The monoisotopic (exact) mass is 264 g/mol. The molecule has 1 aliphatic rings. The molecule has 104 valence electrons. The lowest BCUT2D eigenvalue weighted by Crippen LogP contribution is -2.33. The van der Waals surface area contributed by atoms with Crippen molar-refractivity contribution in [1.29, 1.82) is 0 Å². The van der Waals surface area contributed by atoms with E-state index < -0.39 is 0 Å². The fourth-order valence-corrected chi connectivity index (χ4v) is 2.52. The normalized spacial score (nSPS) is 17.2. The number of nitrogens with zero attached hydrogens (tertiary/aromatic N) is 1. The van der Waals surface area contributed by atoms with Gasteiger partial charge in [0, 0.05) is 5.56 Å². The Balaban J connectivity index is 2.34. The lowest BCUT2D eigenvalue weighted by Gasteiger charge is -2.27. The second-order valence-electron chi connectivity index (χ2n) is 4.56. The third kappa shape index (κ3) is 3.05. The number of anilines is 1. The molecular weight excluding hydrogens is 244 g/mol. The lowest BCUT2D eigenvalue weighted by molar-refractivity contribution is -0.146. The molecule has 1 heterocycles. The molecule has 1 saturated heterocycles. The molecule has 1 aromatic carbocycles. The Bertz CT molecular complexity index is 430. The molecule has 0 spiro atoms. The van der Waals surface area contributed by atoms with Crippen LogP contribution in [0.3, 0.4) is 0 Å². The van der Waals surface area contributed by atoms with Gasteiger partial charge in [-0.1, -0.05) is 18.2 Å². The van der Waals surface area contributed by atoms with E-state index in [0.717, 1.165) is 37.2 Å². The average Bonchev–Trinajstić information content (AvgIpc) is 2.95. The SMILES string of the molecule is CONc1ccccc1[C@@H](C(=O)OC)N1CCCC1. The van der Waals surface area contributed by atoms with E-state index in [4.69, 9.17) is 9.57 Å². The highest BCUT2D eigenvalue weighted by Crippen LogP contribution is 2.31. The van der Waals surface area contributed by atoms with Crippen LogP contribution in [0.25, 0.3) is 0 Å². The van der Waals surface area contributed by atoms with Gasteiger partial charge in [-0.25, -0.2) is 4.79 Å². The summed E-state index contributed by atoms with van der Waals surface area (Å²) in [5, 5.41) is 0. The number of carbonyl (C=O) groups is 1. The van der Waals surface area contributed by atoms with E-state index in [-0.39, 0.29) is 12.0 Å². The number of hydrogen-bond donors (Lipinski definition) is 1. The molecule has 5 heteroatoms. The van der Waals surface area contributed by atoms with Crippen molar-refractivity contribution in [2.75, 3.05) is 32.8 Å². The second-order valence-corrected chi connectivity index (χ2v) is 4.56. The first-order chi connectivity index (χ1) is 9.27. The number of methoxy groups -OCH3 is 1. The molecule has 5 nitrogen and oxygen atoms in total. The first-order valence-corrected chi connectivity index (χ1v) is 6.47. The third-order valence-electron chi connectivity index (χ3n) is 3.40. The zero-order valence-electron chi connectivity index (χ0n) is 11.4. The highest BCUT2D eigenvalue weighted by Gasteiger charge is 2.32. The van der Waals surface area contributed by atoms with Gasteiger partial charge in [0.2, 0.25) is 0 Å². The van der Waals surface area contributed by atoms with Gasteiger partial charge >= 0.3 is 5.97 Å². The molecule has 2 rings (SSSR count). The van der Waals surface area contributed by atoms with E-state index in [1.165, 1.54) is 7.11 Å². The number of para-hydroxylation sites is 1. The first-order valence-electron chi connectivity index (χ1n) is 6.47. The average molecular weight is 264 g/mol. The number of esters is 1. The Labute approximate surface area is 113 Å². The van der Waals surface area contributed by atoms with E-state index in [9.17, 15) is 4.79 Å². The van der Waals surface area contributed by atoms with E-state index >= 15 is 0 Å². The van der Waals surface area contributed by atoms with Gasteiger partial charge in [0.15, 0.2) is 0 Å². The van der Waals surface area contributed by atoms with Crippen molar-refractivity contribution in [2.24, 2.45) is 0 Å². The Morgan fingerprint density at radius 1 is 1.26 bits per heavy atom. The van der Waals surface area contributed by atoms with Crippen LogP contribution in [-0.2, 0) is 14.4 Å². The van der Waals surface area contributed by atoms with E-state index in [1.807, 2.05) is 24.3 Å². The van der Waals surface area contributed by atoms with Gasteiger partial charge in [-0.2, -0.15) is 0 Å². The Morgan fingerprint density at radius 2 is 1.95 bits per heavy atom. The number of ether oxygens (including phenoxy) is 1. The van der Waals surface area contributed by atoms with Gasteiger partial charge in [-0.15, -0.1) is 0 Å². The van der Waals surface area contributed by atoms with Crippen molar-refractivity contribution < 1.29 is 14.4 Å². The minimum atomic E-state index is -0.369. The number of likely N-dealkylation sites (tertiary alicyclic amines) is 1. The van der Waals surface area contributed by atoms with Crippen molar-refractivity contribution in [1.82, 2.24) is 4.90 Å². The molecule has 0 amide bonds. The number of benzene rings is 1. The number of hydrogen-bond acceptors (Lipinski definition) is 5. The fraction of sp³-hybridized carbons (Fsp3) is 0.500. The van der Waals surface area contributed by atoms with E-state index in [1.54, 1.807) is 7.11 Å². The molecule has 0 bridgehead atoms. The number of carbonyl (C=O) groups excluding carboxylic acids is 1. The Morgan fingerprint density at radius 3 is 2.58 bits per heavy atom. The zero-order valence-corrected chi connectivity index (χ0v) is 11.4. The van der Waals surface area contributed by atoms with Crippen molar-refractivity contribution in [3.63, 3.8) is 0 Å². The summed E-state index contributed by atoms with van der Waals surface area (Å²) >= 11 is 0. The van der Waals surface area contributed by atoms with Crippen molar-refractivity contribution in [3.8, 4) is 0 Å². The smallest absolute Gasteiger partial charge is 0.327 e. The van der Waals surface area contributed by atoms with Crippen LogP contribution in [0.4, 0.5) is 5.69 Å². The Kier molecular flexibility index (Phi) is 4.76. The van der Waals surface area contributed by atoms with Gasteiger partial charge in [0.25, 0.3) is 0 Å². The van der Waals surface area contributed by atoms with Gasteiger partial charge < -0.3 is 4.74 Å². The summed E-state index contributed by atoms with van der Waals surface area (Å²) in [6.45, 7) is 1.84. The van der Waals surface area contributed by atoms with Crippen LogP contribution in [-0.4, -0.2) is 38.2 Å². The topological polar surface area (TPSA) is 50.8 Å². The molecule has 0 unspecified atom stereocenters. The van der Waals surface area contributed by atoms with Crippen LogP contribution in [0, 0.1) is 0 Å². The quantitative estimate of drug-likeness (QED) is 0.651. The molecule has 1 aromatic rings. The number of rotatable bonds is 5. The predicted octanol–water partition coefficient (Wildman–Crippen LogP) is 1.97. The highest BCUT2D eigenvalue weighted by molar-refractivity contribution is 5.80. The minimum Gasteiger partial charge on any atom is -0.468 e. The van der Waals surface area contributed by atoms with Gasteiger partial charge in [-0.05, 0) is 32.0 Å². The van der Waals surface area contributed by atoms with Crippen LogP contribution in [0.15, 0.2) is 24.3 Å². The predicted molar refractivity (Wildman–Crippen MR) is 72.6 cm³/mol. The summed E-state index contributed by atoms with van der Waals surface area (Å²) in [5.74, 6) is -0.229. The summed E-state index contributed by atoms with van der Waals surface area (Å²) in [6, 6.07) is 7.28. The Hall–Kier alpha value is -1.59. The van der Waals surface area contributed by atoms with Crippen molar-refractivity contribution in [2.45, 2.75) is 18.9 Å². The molecule has 1 N–H and O–H groups in total. The van der Waals surface area contributed by atoms with Crippen LogP contribution >= 0.6 is 0 Å². The van der Waals surface area contributed by atoms with Crippen LogP contribution in [0.2, 0.25) is 0 Å². The molecule has 0 saturated carbocycles. The maximum absolute atomic E-state index is 12.1. The van der Waals surface area contributed by atoms with Crippen LogP contribution in [0.5, 0.6) is 0 Å². The summed E-state index contributed by atoms with van der Waals surface area (Å²) in [7, 11) is 2.98. The summed E-state index contributed by atoms with van der Waals surface area (Å²) in [4.78, 5) is 19.3. The molecule has 0 aliphatic carbocycles. The van der Waals surface area contributed by atoms with Gasteiger partial charge in [0.05, 0.1) is 19.9 Å². The molecule has 1 atom stereocenters. The maximum atomic E-state index is 12.1. The first kappa shape index (κ1) is 13.8. The molecule has 0 radical (unpaired) electrons. The molecule has 1 fully saturated rings. The molecule has 1 aliphatic heterocycles. The van der Waals surface area contributed by atoms with Crippen molar-refractivity contribution >= 4 is 11.7 Å². The van der Waals surface area contributed by atoms with Gasteiger partial charge in [0.1, 0.15) is 6.04 Å². The standard InChI is InChI=1S/C14H20N2O3/c1-18-14(17)13(16-9-5-6-10-16)11-7-3-4-8-12(11)15-19-2/h3-4,7-8,13,15H,5-6,9-10H2,1-2H3/t13-/m0/s1. The second kappa shape index (κ2) is 6.54. The third-order valence-corrected chi connectivity index (χ3v) is 3.40. The molecule has 0 aromatic heterocycles. The van der Waals surface area contributed by atoms with Crippen LogP contribution < -0.4 is 5.48 Å². The number of nitrogens with one attached hydrogen (secondary N) is 1. The summed E-state index contributed by atoms with van der Waals surface area (Å²) < 4.78 is 4.96. The van der Waals surface area contributed by atoms with Crippen LogP contribution in [0.1, 0.15) is 24.4 Å². The largest absolute Gasteiger partial charge is 0.468 e. The maximum Gasteiger partial charge on any atom is 0.327 e. The summed E-state index contributed by atoms with van der Waals surface area (Å²) in [5.41, 5.74) is 4.51. The lowest BCUT2D eigenvalue weighted by atomic mass is 10.0. The molecule has 19 heavy (non-hydrogen) atoms.